The van der Waals surface area contributed by atoms with E-state index in [0.29, 0.717) is 35.5 Å². The van der Waals surface area contributed by atoms with Crippen molar-refractivity contribution in [3.8, 4) is 0 Å². The average Bonchev–Trinajstić information content (AvgIpc) is 3.73. The number of aryl methyl sites for hydroxylation is 2. The molecule has 4 heterocycles. The Morgan fingerprint density at radius 3 is 2.65 bits per heavy atom. The number of nitrogens with zero attached hydrogens (tertiary/aromatic N) is 5. The first-order valence-corrected chi connectivity index (χ1v) is 16.2. The molecule has 2 aliphatic rings. The lowest BCUT2D eigenvalue weighted by Crippen LogP contribution is -2.52. The number of fused-ring (bicyclic) bond motifs is 2. The highest BCUT2D eigenvalue weighted by molar-refractivity contribution is 7.06. The fraction of sp³-hybridized carbons (Fsp3) is 0.364. The van der Waals surface area contributed by atoms with Gasteiger partial charge in [0.05, 0.1) is 21.6 Å². The molecule has 2 aliphatic heterocycles. The van der Waals surface area contributed by atoms with Crippen molar-refractivity contribution in [2.75, 3.05) is 13.1 Å². The van der Waals surface area contributed by atoms with Gasteiger partial charge in [0.1, 0.15) is 17.9 Å². The maximum Gasteiger partial charge on any atom is 0.255 e. The number of carbonyl (C=O) groups is 5. The summed E-state index contributed by atoms with van der Waals surface area (Å²) in [5.41, 5.74) is 3.67. The zero-order valence-electron chi connectivity index (χ0n) is 25.9. The highest BCUT2D eigenvalue weighted by Gasteiger charge is 2.42. The van der Waals surface area contributed by atoms with Gasteiger partial charge in [-0.15, -0.1) is 0 Å². The molecule has 0 radical (unpaired) electrons. The third-order valence-electron chi connectivity index (χ3n) is 8.53. The highest BCUT2D eigenvalue weighted by Crippen LogP contribution is 2.33. The summed E-state index contributed by atoms with van der Waals surface area (Å²) in [6.07, 6.45) is 0.710. The number of benzene rings is 2. The Kier molecular flexibility index (Phi) is 8.67. The summed E-state index contributed by atoms with van der Waals surface area (Å²) in [5.74, 6) is -1.24. The first-order chi connectivity index (χ1) is 22.2. The minimum Gasteiger partial charge on any atom is -0.354 e. The van der Waals surface area contributed by atoms with Crippen molar-refractivity contribution in [3.63, 3.8) is 0 Å². The number of likely N-dealkylation sites (N-methyl/N-ethyl adjacent to an activating group) is 1. The van der Waals surface area contributed by atoms with Crippen molar-refractivity contribution in [3.05, 3.63) is 81.6 Å². The van der Waals surface area contributed by atoms with Crippen LogP contribution in [0.15, 0.2) is 48.5 Å². The van der Waals surface area contributed by atoms with Gasteiger partial charge in [0, 0.05) is 50.1 Å². The second kappa shape index (κ2) is 12.8. The molecule has 5 amide bonds. The molecule has 12 nitrogen and oxygen atoms in total. The second-order valence-corrected chi connectivity index (χ2v) is 12.2. The summed E-state index contributed by atoms with van der Waals surface area (Å²) < 4.78 is 6.51. The van der Waals surface area contributed by atoms with Crippen LogP contribution in [0.3, 0.4) is 0 Å². The molecule has 2 unspecified atom stereocenters. The molecule has 6 rings (SSSR count). The minimum absolute atomic E-state index is 0.0350. The van der Waals surface area contributed by atoms with E-state index in [2.05, 4.69) is 19.6 Å². The summed E-state index contributed by atoms with van der Waals surface area (Å²) in [5, 5.41) is 5.21. The van der Waals surface area contributed by atoms with E-state index in [4.69, 9.17) is 4.98 Å². The maximum absolute atomic E-state index is 14.7. The van der Waals surface area contributed by atoms with Crippen molar-refractivity contribution in [1.29, 1.82) is 0 Å². The number of hydrogen-bond donors (Lipinski definition) is 2. The molecule has 0 aliphatic carbocycles. The maximum atomic E-state index is 14.7. The number of hydrogen-bond acceptors (Lipinski definition) is 8. The topological polar surface area (TPSA) is 147 Å². The first-order valence-electron chi connectivity index (χ1n) is 15.4. The number of para-hydroxylation sites is 2. The fourth-order valence-electron chi connectivity index (χ4n) is 6.39. The number of piperidine rings is 1. The van der Waals surface area contributed by atoms with Crippen LogP contribution >= 0.6 is 11.5 Å². The Labute approximate surface area is 269 Å². The van der Waals surface area contributed by atoms with Gasteiger partial charge in [-0.1, -0.05) is 18.2 Å². The summed E-state index contributed by atoms with van der Waals surface area (Å²) >= 11 is 1.17. The monoisotopic (exact) mass is 641 g/mol. The van der Waals surface area contributed by atoms with Gasteiger partial charge >= 0.3 is 0 Å². The molecule has 2 aromatic carbocycles. The van der Waals surface area contributed by atoms with Crippen LogP contribution in [-0.2, 0) is 33.9 Å². The molecule has 238 valence electrons. The lowest BCUT2D eigenvalue weighted by molar-refractivity contribution is -0.137. The van der Waals surface area contributed by atoms with Crippen molar-refractivity contribution in [1.82, 2.24) is 34.4 Å². The number of amides is 5. The molecular formula is C33H35N7O5S. The molecule has 0 saturated carbocycles. The number of nitrogens with one attached hydrogen (secondary N) is 2. The second-order valence-electron chi connectivity index (χ2n) is 11.4. The third kappa shape index (κ3) is 5.66. The van der Waals surface area contributed by atoms with Crippen molar-refractivity contribution >= 4 is 52.1 Å². The summed E-state index contributed by atoms with van der Waals surface area (Å²) in [7, 11) is 0. The van der Waals surface area contributed by atoms with Crippen molar-refractivity contribution in [2.24, 2.45) is 0 Å². The van der Waals surface area contributed by atoms with E-state index in [-0.39, 0.29) is 49.2 Å². The standard InChI is InChI=1S/C33H35N7O5S/c1-4-34-31(43)29(26-17-19(3)37-46-26)39(16-15-27-35-23-11-6-7-12-24(23)38(27)5-2)32(44)20-9-8-10-21-22(20)18-40(33(21)45)25-13-14-28(41)36-30(25)42/h6-12,17,25,29H,4-5,13-16,18H2,1-3H3,(H,34,43)(H,36,41,42). The molecular weight excluding hydrogens is 606 g/mol. The zero-order valence-corrected chi connectivity index (χ0v) is 26.7. The van der Waals surface area contributed by atoms with E-state index < -0.39 is 23.9 Å². The third-order valence-corrected chi connectivity index (χ3v) is 9.46. The van der Waals surface area contributed by atoms with Crippen LogP contribution in [0.1, 0.15) is 75.4 Å². The smallest absolute Gasteiger partial charge is 0.255 e. The van der Waals surface area contributed by atoms with Gasteiger partial charge in [-0.05, 0) is 74.6 Å². The summed E-state index contributed by atoms with van der Waals surface area (Å²) in [6, 6.07) is 12.8. The van der Waals surface area contributed by atoms with Crippen LogP contribution in [0.2, 0.25) is 0 Å². The van der Waals surface area contributed by atoms with Gasteiger partial charge in [0.15, 0.2) is 0 Å². The average molecular weight is 642 g/mol. The van der Waals surface area contributed by atoms with Crippen molar-refractivity contribution < 1.29 is 24.0 Å². The number of rotatable bonds is 10. The molecule has 1 saturated heterocycles. The van der Waals surface area contributed by atoms with Gasteiger partial charge in [0.25, 0.3) is 11.8 Å². The quantitative estimate of drug-likeness (QED) is 0.253. The minimum atomic E-state index is -0.975. The lowest BCUT2D eigenvalue weighted by Gasteiger charge is -2.31. The molecule has 1 fully saturated rings. The molecule has 0 bridgehead atoms. The van der Waals surface area contributed by atoms with Gasteiger partial charge in [-0.2, -0.15) is 4.37 Å². The molecule has 0 spiro atoms. The van der Waals surface area contributed by atoms with E-state index in [0.717, 1.165) is 22.6 Å². The van der Waals surface area contributed by atoms with Gasteiger partial charge in [-0.3, -0.25) is 29.3 Å². The molecule has 2 aromatic heterocycles. The highest BCUT2D eigenvalue weighted by atomic mass is 32.1. The fourth-order valence-corrected chi connectivity index (χ4v) is 7.25. The first kappa shape index (κ1) is 31.1. The Morgan fingerprint density at radius 1 is 1.13 bits per heavy atom. The van der Waals surface area contributed by atoms with E-state index in [1.54, 1.807) is 23.1 Å². The van der Waals surface area contributed by atoms with Gasteiger partial charge < -0.3 is 19.7 Å². The Hall–Kier alpha value is -4.91. The Balaban J connectivity index is 1.39. The summed E-state index contributed by atoms with van der Waals surface area (Å²) in [6.45, 7) is 6.95. The number of carbonyl (C=O) groups excluding carboxylic acids is 5. The predicted molar refractivity (Wildman–Crippen MR) is 171 cm³/mol. The van der Waals surface area contributed by atoms with E-state index in [9.17, 15) is 24.0 Å². The number of aromatic nitrogens is 3. The Bertz CT molecular complexity index is 1860. The van der Waals surface area contributed by atoms with Crippen LogP contribution in [0.4, 0.5) is 0 Å². The molecule has 13 heteroatoms. The molecule has 2 atom stereocenters. The normalized spacial score (nSPS) is 16.8. The lowest BCUT2D eigenvalue weighted by atomic mass is 10.0. The largest absolute Gasteiger partial charge is 0.354 e. The summed E-state index contributed by atoms with van der Waals surface area (Å²) in [4.78, 5) is 74.9. The van der Waals surface area contributed by atoms with Crippen LogP contribution < -0.4 is 10.6 Å². The molecule has 46 heavy (non-hydrogen) atoms. The van der Waals surface area contributed by atoms with E-state index in [1.165, 1.54) is 16.4 Å². The van der Waals surface area contributed by atoms with E-state index in [1.807, 2.05) is 51.1 Å². The zero-order chi connectivity index (χ0) is 32.5. The van der Waals surface area contributed by atoms with Crippen LogP contribution in [0.25, 0.3) is 11.0 Å². The molecule has 4 aromatic rings. The number of imide groups is 1. The predicted octanol–water partition coefficient (Wildman–Crippen LogP) is 3.14. The van der Waals surface area contributed by atoms with Gasteiger partial charge in [0.2, 0.25) is 17.7 Å². The van der Waals surface area contributed by atoms with Crippen LogP contribution in [-0.4, -0.2) is 72.4 Å². The van der Waals surface area contributed by atoms with Gasteiger partial charge in [-0.25, -0.2) is 4.98 Å². The van der Waals surface area contributed by atoms with Crippen molar-refractivity contribution in [2.45, 2.75) is 65.2 Å². The number of imidazole rings is 1. The SMILES string of the molecule is CCNC(=O)C(c1cc(C)ns1)N(CCc1nc2ccccc2n1CC)C(=O)c1cccc2c1CN(C1CCC(=O)NC1=O)C2=O. The molecule has 2 N–H and O–H groups in total. The Morgan fingerprint density at radius 2 is 1.93 bits per heavy atom. The van der Waals surface area contributed by atoms with Crippen LogP contribution in [0.5, 0.6) is 0 Å². The van der Waals surface area contributed by atoms with Crippen LogP contribution in [0, 0.1) is 6.92 Å². The van der Waals surface area contributed by atoms with E-state index >= 15 is 0 Å².